The fourth-order valence-electron chi connectivity index (χ4n) is 4.12. The largest absolute Gasteiger partial charge is 0.348 e. The SMILES string of the molecule is Cc1[nH]cnc1CC(=O)N1C[C@H](c2nc(C3CC3)n[nH]2)[C@@H](C2CC2)C1. The van der Waals surface area contributed by atoms with Crippen molar-refractivity contribution in [1.82, 2.24) is 30.0 Å². The Labute approximate surface area is 146 Å². The average Bonchev–Trinajstić information content (AvgIpc) is 3.50. The zero-order valence-electron chi connectivity index (χ0n) is 14.5. The van der Waals surface area contributed by atoms with Crippen LogP contribution in [0.2, 0.25) is 0 Å². The van der Waals surface area contributed by atoms with Gasteiger partial charge in [-0.1, -0.05) is 0 Å². The minimum absolute atomic E-state index is 0.172. The van der Waals surface area contributed by atoms with Crippen LogP contribution in [-0.4, -0.2) is 49.0 Å². The van der Waals surface area contributed by atoms with Crippen LogP contribution in [0, 0.1) is 18.8 Å². The van der Waals surface area contributed by atoms with Gasteiger partial charge in [0.1, 0.15) is 5.82 Å². The molecule has 0 radical (unpaired) electrons. The van der Waals surface area contributed by atoms with Crippen molar-refractivity contribution in [3.63, 3.8) is 0 Å². The van der Waals surface area contributed by atoms with Crippen LogP contribution in [0.25, 0.3) is 0 Å². The molecule has 0 bridgehead atoms. The van der Waals surface area contributed by atoms with E-state index in [0.29, 0.717) is 24.2 Å². The summed E-state index contributed by atoms with van der Waals surface area (Å²) in [4.78, 5) is 26.9. The maximum atomic E-state index is 12.8. The lowest BCUT2D eigenvalue weighted by Crippen LogP contribution is -2.30. The fraction of sp³-hybridized carbons (Fsp3) is 0.667. The topological polar surface area (TPSA) is 90.6 Å². The van der Waals surface area contributed by atoms with Gasteiger partial charge < -0.3 is 9.88 Å². The summed E-state index contributed by atoms with van der Waals surface area (Å²) in [5.41, 5.74) is 1.83. The molecule has 25 heavy (non-hydrogen) atoms. The van der Waals surface area contributed by atoms with Gasteiger partial charge in [-0.15, -0.1) is 0 Å². The van der Waals surface area contributed by atoms with Crippen LogP contribution in [0.15, 0.2) is 6.33 Å². The Balaban J connectivity index is 1.33. The summed E-state index contributed by atoms with van der Waals surface area (Å²) in [5.74, 6) is 4.26. The number of aromatic amines is 2. The maximum Gasteiger partial charge on any atom is 0.228 e. The molecule has 3 fully saturated rings. The molecule has 1 saturated heterocycles. The van der Waals surface area contributed by atoms with E-state index in [1.165, 1.54) is 25.7 Å². The number of hydrogen-bond donors (Lipinski definition) is 2. The van der Waals surface area contributed by atoms with Crippen LogP contribution in [-0.2, 0) is 11.2 Å². The third-order valence-corrected chi connectivity index (χ3v) is 6.01. The third kappa shape index (κ3) is 2.85. The Hall–Kier alpha value is -2.18. The summed E-state index contributed by atoms with van der Waals surface area (Å²) in [6.07, 6.45) is 7.02. The van der Waals surface area contributed by atoms with Gasteiger partial charge in [-0.2, -0.15) is 5.10 Å². The first kappa shape index (κ1) is 15.1. The van der Waals surface area contributed by atoms with Crippen LogP contribution >= 0.6 is 0 Å². The molecule has 1 aliphatic heterocycles. The van der Waals surface area contributed by atoms with Crippen LogP contribution in [0.1, 0.15) is 60.6 Å². The van der Waals surface area contributed by atoms with Crippen LogP contribution in [0.3, 0.4) is 0 Å². The zero-order chi connectivity index (χ0) is 17.0. The monoisotopic (exact) mass is 340 g/mol. The molecule has 2 aliphatic carbocycles. The number of likely N-dealkylation sites (tertiary alicyclic amines) is 1. The van der Waals surface area contributed by atoms with E-state index < -0.39 is 0 Å². The quantitative estimate of drug-likeness (QED) is 0.870. The third-order valence-electron chi connectivity index (χ3n) is 6.01. The molecule has 1 amide bonds. The molecular formula is C18H24N6O. The van der Waals surface area contributed by atoms with Crippen LogP contribution in [0.4, 0.5) is 0 Å². The predicted octanol–water partition coefficient (Wildman–Crippen LogP) is 1.91. The number of amides is 1. The van der Waals surface area contributed by atoms with E-state index in [2.05, 4.69) is 20.2 Å². The standard InChI is InChI=1S/C18H24N6O/c1-10-15(20-9-19-10)6-16(25)24-7-13(11-2-3-11)14(8-24)18-21-17(22-23-18)12-4-5-12/h9,11-14H,2-8H2,1H3,(H,19,20)(H,21,22,23)/t13-,14+/m1/s1. The van der Waals surface area contributed by atoms with E-state index in [-0.39, 0.29) is 5.91 Å². The van der Waals surface area contributed by atoms with Crippen molar-refractivity contribution >= 4 is 5.91 Å². The molecule has 2 N–H and O–H groups in total. The van der Waals surface area contributed by atoms with Crippen molar-refractivity contribution in [2.75, 3.05) is 13.1 Å². The van der Waals surface area contributed by atoms with Gasteiger partial charge in [-0.3, -0.25) is 9.89 Å². The first-order chi connectivity index (χ1) is 12.2. The maximum absolute atomic E-state index is 12.8. The molecular weight excluding hydrogens is 316 g/mol. The minimum Gasteiger partial charge on any atom is -0.348 e. The summed E-state index contributed by atoms with van der Waals surface area (Å²) >= 11 is 0. The van der Waals surface area contributed by atoms with Crippen molar-refractivity contribution in [2.45, 2.75) is 50.9 Å². The number of nitrogens with one attached hydrogen (secondary N) is 2. The summed E-state index contributed by atoms with van der Waals surface area (Å²) in [6, 6.07) is 0. The molecule has 2 saturated carbocycles. The first-order valence-corrected chi connectivity index (χ1v) is 9.38. The van der Waals surface area contributed by atoms with E-state index in [1.807, 2.05) is 11.8 Å². The van der Waals surface area contributed by atoms with Gasteiger partial charge in [0.2, 0.25) is 5.91 Å². The number of nitrogens with zero attached hydrogens (tertiary/aromatic N) is 4. The molecule has 7 nitrogen and oxygen atoms in total. The Morgan fingerprint density at radius 3 is 2.80 bits per heavy atom. The van der Waals surface area contributed by atoms with Crippen molar-refractivity contribution in [3.05, 3.63) is 29.4 Å². The number of imidazole rings is 1. The Morgan fingerprint density at radius 2 is 2.12 bits per heavy atom. The summed E-state index contributed by atoms with van der Waals surface area (Å²) in [5, 5.41) is 7.60. The van der Waals surface area contributed by atoms with Crippen molar-refractivity contribution in [2.24, 2.45) is 11.8 Å². The number of aryl methyl sites for hydroxylation is 1. The van der Waals surface area contributed by atoms with Crippen LogP contribution in [0.5, 0.6) is 0 Å². The smallest absolute Gasteiger partial charge is 0.228 e. The molecule has 3 aliphatic rings. The zero-order valence-corrected chi connectivity index (χ0v) is 14.5. The van der Waals surface area contributed by atoms with Gasteiger partial charge in [0, 0.05) is 30.6 Å². The Morgan fingerprint density at radius 1 is 1.28 bits per heavy atom. The van der Waals surface area contributed by atoms with Gasteiger partial charge in [-0.05, 0) is 44.4 Å². The molecule has 2 atom stereocenters. The predicted molar refractivity (Wildman–Crippen MR) is 90.9 cm³/mol. The summed E-state index contributed by atoms with van der Waals surface area (Å²) in [7, 11) is 0. The molecule has 0 unspecified atom stereocenters. The number of carbonyl (C=O) groups is 1. The summed E-state index contributed by atoms with van der Waals surface area (Å²) < 4.78 is 0. The number of aromatic nitrogens is 5. The Kier molecular flexibility index (Phi) is 3.43. The van der Waals surface area contributed by atoms with Gasteiger partial charge in [0.05, 0.1) is 18.4 Å². The van der Waals surface area contributed by atoms with Crippen molar-refractivity contribution in [3.8, 4) is 0 Å². The average molecular weight is 340 g/mol. The van der Waals surface area contributed by atoms with Crippen molar-refractivity contribution in [1.29, 1.82) is 0 Å². The van der Waals surface area contributed by atoms with E-state index >= 15 is 0 Å². The molecule has 2 aromatic rings. The van der Waals surface area contributed by atoms with Gasteiger partial charge >= 0.3 is 0 Å². The summed E-state index contributed by atoms with van der Waals surface area (Å²) in [6.45, 7) is 3.56. The highest BCUT2D eigenvalue weighted by Gasteiger charge is 2.46. The number of rotatable bonds is 5. The second-order valence-electron chi connectivity index (χ2n) is 7.91. The van der Waals surface area contributed by atoms with Gasteiger partial charge in [0.25, 0.3) is 0 Å². The molecule has 7 heteroatoms. The highest BCUT2D eigenvalue weighted by Crippen LogP contribution is 2.47. The number of carbonyl (C=O) groups excluding carboxylic acids is 1. The van der Waals surface area contributed by atoms with E-state index in [9.17, 15) is 4.79 Å². The second kappa shape index (κ2) is 5.68. The lowest BCUT2D eigenvalue weighted by Gasteiger charge is -2.15. The molecule has 3 heterocycles. The van der Waals surface area contributed by atoms with Gasteiger partial charge in [0.15, 0.2) is 5.82 Å². The molecule has 0 aromatic carbocycles. The van der Waals surface area contributed by atoms with Crippen LogP contribution < -0.4 is 0 Å². The molecule has 132 valence electrons. The fourth-order valence-corrected chi connectivity index (χ4v) is 4.12. The normalized spacial score (nSPS) is 26.4. The number of H-pyrrole nitrogens is 2. The molecule has 0 spiro atoms. The minimum atomic E-state index is 0.172. The van der Waals surface area contributed by atoms with E-state index in [0.717, 1.165) is 42.0 Å². The van der Waals surface area contributed by atoms with E-state index in [4.69, 9.17) is 4.98 Å². The number of hydrogen-bond acceptors (Lipinski definition) is 4. The highest BCUT2D eigenvalue weighted by atomic mass is 16.2. The molecule has 5 rings (SSSR count). The molecule has 2 aromatic heterocycles. The first-order valence-electron chi connectivity index (χ1n) is 9.38. The Bertz CT molecular complexity index is 787. The lowest BCUT2D eigenvalue weighted by molar-refractivity contribution is -0.129. The van der Waals surface area contributed by atoms with Gasteiger partial charge in [-0.25, -0.2) is 9.97 Å². The van der Waals surface area contributed by atoms with Crippen molar-refractivity contribution < 1.29 is 4.79 Å². The lowest BCUT2D eigenvalue weighted by atomic mass is 9.91. The highest BCUT2D eigenvalue weighted by molar-refractivity contribution is 5.79. The van der Waals surface area contributed by atoms with E-state index in [1.54, 1.807) is 6.33 Å². The second-order valence-corrected chi connectivity index (χ2v) is 7.91.